The second kappa shape index (κ2) is 3.85. The van der Waals surface area contributed by atoms with Crippen molar-refractivity contribution in [3.05, 3.63) is 58.1 Å². The predicted molar refractivity (Wildman–Crippen MR) is 80.3 cm³/mol. The number of para-hydroxylation sites is 1. The topological polar surface area (TPSA) is 29.5 Å². The first-order valence-electron chi connectivity index (χ1n) is 6.45. The highest BCUT2D eigenvalue weighted by molar-refractivity contribution is 9.10. The zero-order valence-electron chi connectivity index (χ0n) is 10.9. The van der Waals surface area contributed by atoms with Crippen LogP contribution in [0.5, 0.6) is 5.75 Å². The van der Waals surface area contributed by atoms with Crippen molar-refractivity contribution in [3.63, 3.8) is 0 Å². The number of rotatable bonds is 0. The van der Waals surface area contributed by atoms with Gasteiger partial charge in [-0.05, 0) is 23.8 Å². The molecule has 3 nitrogen and oxygen atoms in total. The lowest BCUT2D eigenvalue weighted by Gasteiger charge is -2.21. The fourth-order valence-corrected chi connectivity index (χ4v) is 3.61. The fourth-order valence-electron chi connectivity index (χ4n) is 3.27. The van der Waals surface area contributed by atoms with Gasteiger partial charge in [0.2, 0.25) is 5.91 Å². The van der Waals surface area contributed by atoms with Crippen LogP contribution >= 0.6 is 15.9 Å². The third kappa shape index (κ3) is 1.27. The van der Waals surface area contributed by atoms with Crippen molar-refractivity contribution in [1.29, 1.82) is 0 Å². The number of likely N-dealkylation sites (N-methyl/N-ethyl adjacent to an activating group) is 1. The summed E-state index contributed by atoms with van der Waals surface area (Å²) in [5.74, 6) is 0.873. The van der Waals surface area contributed by atoms with Crippen LogP contribution in [0.3, 0.4) is 0 Å². The van der Waals surface area contributed by atoms with Crippen molar-refractivity contribution >= 4 is 27.5 Å². The molecule has 0 aromatic heterocycles. The number of carbonyl (C=O) groups is 1. The lowest BCUT2D eigenvalue weighted by Crippen LogP contribution is -2.40. The summed E-state index contributed by atoms with van der Waals surface area (Å²) < 4.78 is 6.77. The molecule has 2 heterocycles. The molecule has 2 aromatic carbocycles. The number of hydrogen-bond donors (Lipinski definition) is 0. The van der Waals surface area contributed by atoms with Gasteiger partial charge in [0.1, 0.15) is 17.8 Å². The average molecular weight is 330 g/mol. The third-order valence-electron chi connectivity index (χ3n) is 4.24. The number of hydrogen-bond acceptors (Lipinski definition) is 2. The molecule has 0 aliphatic carbocycles. The van der Waals surface area contributed by atoms with Crippen LogP contribution in [0.25, 0.3) is 0 Å². The van der Waals surface area contributed by atoms with E-state index < -0.39 is 5.41 Å². The van der Waals surface area contributed by atoms with E-state index in [9.17, 15) is 4.79 Å². The molecule has 4 rings (SSSR count). The molecule has 100 valence electrons. The Kier molecular flexibility index (Phi) is 2.31. The minimum Gasteiger partial charge on any atom is -0.491 e. The lowest BCUT2D eigenvalue weighted by atomic mass is 9.77. The van der Waals surface area contributed by atoms with E-state index >= 15 is 0 Å². The van der Waals surface area contributed by atoms with Crippen molar-refractivity contribution in [1.82, 2.24) is 0 Å². The smallest absolute Gasteiger partial charge is 0.245 e. The maximum absolute atomic E-state index is 12.9. The quantitative estimate of drug-likeness (QED) is 0.743. The summed E-state index contributed by atoms with van der Waals surface area (Å²) >= 11 is 3.45. The fraction of sp³-hybridized carbons (Fsp3) is 0.188. The monoisotopic (exact) mass is 329 g/mol. The molecule has 0 fully saturated rings. The minimum atomic E-state index is -0.679. The lowest BCUT2D eigenvalue weighted by molar-refractivity contribution is -0.121. The van der Waals surface area contributed by atoms with Gasteiger partial charge in [-0.25, -0.2) is 0 Å². The van der Waals surface area contributed by atoms with Crippen LogP contribution in [0.4, 0.5) is 5.69 Å². The summed E-state index contributed by atoms with van der Waals surface area (Å²) in [6, 6.07) is 13.8. The summed E-state index contributed by atoms with van der Waals surface area (Å²) in [4.78, 5) is 14.6. The molecule has 0 N–H and O–H groups in total. The van der Waals surface area contributed by atoms with E-state index in [1.165, 1.54) is 0 Å². The highest BCUT2D eigenvalue weighted by atomic mass is 79.9. The minimum absolute atomic E-state index is 0.0831. The average Bonchev–Trinajstić information content (AvgIpc) is 2.93. The highest BCUT2D eigenvalue weighted by Crippen LogP contribution is 2.52. The van der Waals surface area contributed by atoms with Gasteiger partial charge >= 0.3 is 0 Å². The van der Waals surface area contributed by atoms with Gasteiger partial charge in [0, 0.05) is 22.8 Å². The standard InChI is InChI=1S/C16H12BrNO2/c1-18-13-5-3-2-4-11(13)16(15(18)19)9-20-14-8-10(17)6-7-12(14)16/h2-8H,9H2,1H3. The van der Waals surface area contributed by atoms with Gasteiger partial charge < -0.3 is 9.64 Å². The highest BCUT2D eigenvalue weighted by Gasteiger charge is 2.55. The molecule has 2 aliphatic rings. The van der Waals surface area contributed by atoms with Gasteiger partial charge in [0.15, 0.2) is 0 Å². The summed E-state index contributed by atoms with van der Waals surface area (Å²) in [7, 11) is 1.83. The predicted octanol–water partition coefficient (Wildman–Crippen LogP) is 3.10. The number of carbonyl (C=O) groups excluding carboxylic acids is 1. The second-order valence-corrected chi connectivity index (χ2v) is 6.13. The molecule has 1 unspecified atom stereocenters. The number of halogens is 1. The third-order valence-corrected chi connectivity index (χ3v) is 4.74. The van der Waals surface area contributed by atoms with Gasteiger partial charge in [-0.1, -0.05) is 40.2 Å². The number of ether oxygens (including phenoxy) is 1. The molecule has 1 amide bonds. The number of fused-ring (bicyclic) bond motifs is 4. The summed E-state index contributed by atoms with van der Waals surface area (Å²) in [5.41, 5.74) is 2.29. The van der Waals surface area contributed by atoms with Crippen LogP contribution in [0.1, 0.15) is 11.1 Å². The van der Waals surface area contributed by atoms with Crippen molar-refractivity contribution < 1.29 is 9.53 Å². The molecule has 20 heavy (non-hydrogen) atoms. The van der Waals surface area contributed by atoms with E-state index in [1.807, 2.05) is 49.5 Å². The van der Waals surface area contributed by atoms with Crippen LogP contribution in [-0.2, 0) is 10.2 Å². The van der Waals surface area contributed by atoms with Crippen molar-refractivity contribution in [2.45, 2.75) is 5.41 Å². The van der Waals surface area contributed by atoms with E-state index in [2.05, 4.69) is 15.9 Å². The Morgan fingerprint density at radius 2 is 2.00 bits per heavy atom. The van der Waals surface area contributed by atoms with Crippen LogP contribution in [-0.4, -0.2) is 19.6 Å². The molecule has 1 atom stereocenters. The van der Waals surface area contributed by atoms with E-state index in [0.717, 1.165) is 27.0 Å². The van der Waals surface area contributed by atoms with Gasteiger partial charge in [-0.2, -0.15) is 0 Å². The second-order valence-electron chi connectivity index (χ2n) is 5.22. The molecule has 0 saturated carbocycles. The Morgan fingerprint density at radius 1 is 1.20 bits per heavy atom. The van der Waals surface area contributed by atoms with Gasteiger partial charge in [-0.3, -0.25) is 4.79 Å². The summed E-state index contributed by atoms with van der Waals surface area (Å²) in [6.07, 6.45) is 0. The zero-order valence-corrected chi connectivity index (χ0v) is 12.5. The zero-order chi connectivity index (χ0) is 13.9. The van der Waals surface area contributed by atoms with Crippen molar-refractivity contribution in [3.8, 4) is 5.75 Å². The molecule has 1 spiro atoms. The number of amides is 1. The SMILES string of the molecule is CN1C(=O)C2(COc3cc(Br)ccc32)c2ccccc21. The Labute approximate surface area is 125 Å². The Balaban J connectivity index is 2.03. The van der Waals surface area contributed by atoms with E-state index in [-0.39, 0.29) is 5.91 Å². The first-order chi connectivity index (χ1) is 9.64. The van der Waals surface area contributed by atoms with Crippen LogP contribution in [0.2, 0.25) is 0 Å². The molecule has 4 heteroatoms. The summed E-state index contributed by atoms with van der Waals surface area (Å²) in [6.45, 7) is 0.374. The molecule has 0 saturated heterocycles. The molecule has 0 radical (unpaired) electrons. The Hall–Kier alpha value is -1.81. The molecular formula is C16H12BrNO2. The van der Waals surface area contributed by atoms with Gasteiger partial charge in [-0.15, -0.1) is 0 Å². The largest absolute Gasteiger partial charge is 0.491 e. The number of benzene rings is 2. The number of nitrogens with zero attached hydrogens (tertiary/aromatic N) is 1. The Morgan fingerprint density at radius 3 is 2.85 bits per heavy atom. The van der Waals surface area contributed by atoms with E-state index in [0.29, 0.717) is 6.61 Å². The first kappa shape index (κ1) is 12.0. The van der Waals surface area contributed by atoms with Crippen molar-refractivity contribution in [2.24, 2.45) is 0 Å². The maximum Gasteiger partial charge on any atom is 0.245 e. The molecule has 2 aliphatic heterocycles. The molecule has 2 aromatic rings. The van der Waals surface area contributed by atoms with Crippen LogP contribution in [0, 0.1) is 0 Å². The van der Waals surface area contributed by atoms with Gasteiger partial charge in [0.05, 0.1) is 0 Å². The van der Waals surface area contributed by atoms with Gasteiger partial charge in [0.25, 0.3) is 0 Å². The summed E-state index contributed by atoms with van der Waals surface area (Å²) in [5, 5.41) is 0. The normalized spacial score (nSPS) is 22.9. The van der Waals surface area contributed by atoms with E-state index in [4.69, 9.17) is 4.74 Å². The van der Waals surface area contributed by atoms with Crippen LogP contribution < -0.4 is 9.64 Å². The molecule has 0 bridgehead atoms. The van der Waals surface area contributed by atoms with Crippen LogP contribution in [0.15, 0.2) is 46.9 Å². The number of anilines is 1. The molecular weight excluding hydrogens is 318 g/mol. The van der Waals surface area contributed by atoms with Crippen molar-refractivity contribution in [2.75, 3.05) is 18.6 Å². The van der Waals surface area contributed by atoms with E-state index in [1.54, 1.807) is 4.90 Å². The maximum atomic E-state index is 12.9. The Bertz CT molecular complexity index is 743. The first-order valence-corrected chi connectivity index (χ1v) is 7.24.